The Labute approximate surface area is 128 Å². The van der Waals surface area contributed by atoms with Gasteiger partial charge in [0.05, 0.1) is 11.6 Å². The second-order valence-corrected chi connectivity index (χ2v) is 7.12. The van der Waals surface area contributed by atoms with Crippen LogP contribution in [0.15, 0.2) is 41.3 Å². The average molecular weight is 322 g/mol. The third-order valence-electron chi connectivity index (χ3n) is 2.90. The van der Waals surface area contributed by atoms with Crippen molar-refractivity contribution in [2.75, 3.05) is 0 Å². The number of aryl methyl sites for hydroxylation is 2. The molecule has 4 nitrogen and oxygen atoms in total. The molecule has 0 N–H and O–H groups in total. The van der Waals surface area contributed by atoms with Crippen LogP contribution in [0.5, 0.6) is 11.5 Å². The zero-order chi connectivity index (χ0) is 15.6. The van der Waals surface area contributed by atoms with Crippen LogP contribution in [0.25, 0.3) is 0 Å². The van der Waals surface area contributed by atoms with E-state index in [1.807, 2.05) is 32.0 Å². The minimum absolute atomic E-state index is 0.0951. The lowest BCUT2D eigenvalue weighted by Crippen LogP contribution is -1.98. The van der Waals surface area contributed by atoms with Crippen LogP contribution in [0, 0.1) is 25.2 Å². The summed E-state index contributed by atoms with van der Waals surface area (Å²) in [6.07, 6.45) is 0. The summed E-state index contributed by atoms with van der Waals surface area (Å²) >= 11 is 0. The Morgan fingerprint density at radius 2 is 1.81 bits per heavy atom. The summed E-state index contributed by atoms with van der Waals surface area (Å²) in [7, 11) is 1.40. The van der Waals surface area contributed by atoms with Crippen LogP contribution < -0.4 is 4.74 Å². The topological polar surface area (TPSA) is 67.2 Å². The van der Waals surface area contributed by atoms with Gasteiger partial charge in [-0.25, -0.2) is 8.42 Å². The Kier molecular flexibility index (Phi) is 4.21. The fourth-order valence-corrected chi connectivity index (χ4v) is 2.77. The molecule has 0 atom stereocenters. The van der Waals surface area contributed by atoms with Crippen LogP contribution in [0.2, 0.25) is 0 Å². The van der Waals surface area contributed by atoms with Crippen LogP contribution in [-0.2, 0) is 9.05 Å². The number of rotatable bonds is 3. The summed E-state index contributed by atoms with van der Waals surface area (Å²) in [4.78, 5) is -0.218. The summed E-state index contributed by atoms with van der Waals surface area (Å²) in [6, 6.07) is 11.6. The lowest BCUT2D eigenvalue weighted by atomic mass is 10.1. The molecule has 2 aromatic carbocycles. The number of nitriles is 1. The fourth-order valence-electron chi connectivity index (χ4n) is 1.79. The van der Waals surface area contributed by atoms with E-state index >= 15 is 0 Å². The largest absolute Gasteiger partial charge is 0.456 e. The normalized spacial score (nSPS) is 11.0. The molecule has 0 radical (unpaired) electrons. The van der Waals surface area contributed by atoms with Gasteiger partial charge in [0.15, 0.2) is 0 Å². The molecule has 0 amide bonds. The second-order valence-electron chi connectivity index (χ2n) is 4.58. The van der Waals surface area contributed by atoms with Gasteiger partial charge in [-0.2, -0.15) is 5.26 Å². The number of benzene rings is 2. The SMILES string of the molecule is Cc1ccc(C)c(Oc2ccc(C#N)cc2S(=O)(=O)Cl)c1. The van der Waals surface area contributed by atoms with E-state index in [1.165, 1.54) is 18.2 Å². The van der Waals surface area contributed by atoms with E-state index in [0.717, 1.165) is 11.1 Å². The average Bonchev–Trinajstić information content (AvgIpc) is 2.42. The fraction of sp³-hybridized carbons (Fsp3) is 0.133. The van der Waals surface area contributed by atoms with E-state index in [4.69, 9.17) is 20.7 Å². The lowest BCUT2D eigenvalue weighted by Gasteiger charge is -2.12. The first-order valence-electron chi connectivity index (χ1n) is 6.05. The van der Waals surface area contributed by atoms with Gasteiger partial charge in [-0.15, -0.1) is 0 Å². The summed E-state index contributed by atoms with van der Waals surface area (Å²) in [5, 5.41) is 8.86. The third-order valence-corrected chi connectivity index (χ3v) is 4.24. The van der Waals surface area contributed by atoms with Gasteiger partial charge in [0, 0.05) is 10.7 Å². The smallest absolute Gasteiger partial charge is 0.265 e. The van der Waals surface area contributed by atoms with Gasteiger partial charge in [-0.05, 0) is 49.2 Å². The maximum atomic E-state index is 11.6. The van der Waals surface area contributed by atoms with Crippen LogP contribution in [0.3, 0.4) is 0 Å². The van der Waals surface area contributed by atoms with E-state index in [0.29, 0.717) is 5.75 Å². The van der Waals surface area contributed by atoms with Gasteiger partial charge in [0.25, 0.3) is 9.05 Å². The van der Waals surface area contributed by atoms with Crippen molar-refractivity contribution in [3.05, 3.63) is 53.1 Å². The first-order chi connectivity index (χ1) is 9.81. The van der Waals surface area contributed by atoms with Crippen molar-refractivity contribution in [2.24, 2.45) is 0 Å². The summed E-state index contributed by atoms with van der Waals surface area (Å²) < 4.78 is 29.0. The number of hydrogen-bond acceptors (Lipinski definition) is 4. The highest BCUT2D eigenvalue weighted by molar-refractivity contribution is 8.13. The summed E-state index contributed by atoms with van der Waals surface area (Å²) in [5.41, 5.74) is 2.05. The zero-order valence-corrected chi connectivity index (χ0v) is 13.0. The maximum absolute atomic E-state index is 11.6. The van der Waals surface area contributed by atoms with E-state index in [-0.39, 0.29) is 16.2 Å². The van der Waals surface area contributed by atoms with Crippen molar-refractivity contribution in [1.82, 2.24) is 0 Å². The molecule has 0 aliphatic rings. The molecule has 6 heteroatoms. The van der Waals surface area contributed by atoms with E-state index in [1.54, 1.807) is 6.07 Å². The van der Waals surface area contributed by atoms with E-state index in [2.05, 4.69) is 0 Å². The monoisotopic (exact) mass is 321 g/mol. The molecule has 0 saturated carbocycles. The van der Waals surface area contributed by atoms with Crippen LogP contribution in [0.4, 0.5) is 0 Å². The Morgan fingerprint density at radius 1 is 1.10 bits per heavy atom. The molecule has 2 rings (SSSR count). The highest BCUT2D eigenvalue weighted by Gasteiger charge is 2.19. The van der Waals surface area contributed by atoms with Gasteiger partial charge < -0.3 is 4.74 Å². The van der Waals surface area contributed by atoms with Gasteiger partial charge in [-0.3, -0.25) is 0 Å². The molecule has 0 fully saturated rings. The van der Waals surface area contributed by atoms with Crippen LogP contribution >= 0.6 is 10.7 Å². The highest BCUT2D eigenvalue weighted by atomic mass is 35.7. The molecule has 0 aliphatic carbocycles. The molecule has 0 saturated heterocycles. The summed E-state index contributed by atoms with van der Waals surface area (Å²) in [5.74, 6) is 0.638. The number of halogens is 1. The van der Waals surface area contributed by atoms with Crippen molar-refractivity contribution in [1.29, 1.82) is 5.26 Å². The molecule has 0 unspecified atom stereocenters. The van der Waals surface area contributed by atoms with Crippen LogP contribution in [-0.4, -0.2) is 8.42 Å². The van der Waals surface area contributed by atoms with Crippen molar-refractivity contribution in [3.8, 4) is 17.6 Å². The molecule has 0 spiro atoms. The molecular weight excluding hydrogens is 310 g/mol. The Morgan fingerprint density at radius 3 is 2.43 bits per heavy atom. The first kappa shape index (κ1) is 15.4. The predicted molar refractivity (Wildman–Crippen MR) is 80.2 cm³/mol. The molecular formula is C15H12ClNO3S. The molecule has 0 bridgehead atoms. The second kappa shape index (κ2) is 5.76. The lowest BCUT2D eigenvalue weighted by molar-refractivity contribution is 0.464. The molecule has 2 aromatic rings. The quantitative estimate of drug-likeness (QED) is 0.804. The first-order valence-corrected chi connectivity index (χ1v) is 8.36. The van der Waals surface area contributed by atoms with Gasteiger partial charge >= 0.3 is 0 Å². The number of hydrogen-bond donors (Lipinski definition) is 0. The highest BCUT2D eigenvalue weighted by Crippen LogP contribution is 2.33. The molecule has 0 aliphatic heterocycles. The molecule has 0 heterocycles. The van der Waals surface area contributed by atoms with Gasteiger partial charge in [-0.1, -0.05) is 12.1 Å². The van der Waals surface area contributed by atoms with Crippen molar-refractivity contribution in [2.45, 2.75) is 18.7 Å². The summed E-state index contributed by atoms with van der Waals surface area (Å²) in [6.45, 7) is 3.76. The Balaban J connectivity index is 2.55. The standard InChI is InChI=1S/C15H12ClNO3S/c1-10-3-4-11(2)14(7-10)20-13-6-5-12(9-17)8-15(13)21(16,18)19/h3-8H,1-2H3. The zero-order valence-electron chi connectivity index (χ0n) is 11.4. The van der Waals surface area contributed by atoms with Gasteiger partial charge in [0.2, 0.25) is 0 Å². The Hall–Kier alpha value is -2.03. The maximum Gasteiger partial charge on any atom is 0.265 e. The molecule has 0 aromatic heterocycles. The Bertz CT molecular complexity index is 838. The van der Waals surface area contributed by atoms with E-state index < -0.39 is 9.05 Å². The van der Waals surface area contributed by atoms with Crippen molar-refractivity contribution < 1.29 is 13.2 Å². The number of ether oxygens (including phenoxy) is 1. The minimum Gasteiger partial charge on any atom is -0.456 e. The third kappa shape index (κ3) is 3.54. The molecule has 108 valence electrons. The number of nitrogens with zero attached hydrogens (tertiary/aromatic N) is 1. The predicted octanol–water partition coefficient (Wildman–Crippen LogP) is 3.89. The van der Waals surface area contributed by atoms with E-state index in [9.17, 15) is 8.42 Å². The van der Waals surface area contributed by atoms with Gasteiger partial charge in [0.1, 0.15) is 16.4 Å². The van der Waals surface area contributed by atoms with Crippen molar-refractivity contribution in [3.63, 3.8) is 0 Å². The minimum atomic E-state index is -4.01. The van der Waals surface area contributed by atoms with Crippen LogP contribution in [0.1, 0.15) is 16.7 Å². The molecule has 21 heavy (non-hydrogen) atoms. The van der Waals surface area contributed by atoms with Crippen molar-refractivity contribution >= 4 is 19.7 Å².